The average Bonchev–Trinajstić information content (AvgIpc) is 2.93. The molecule has 0 aromatic heterocycles. The van der Waals surface area contributed by atoms with Crippen LogP contribution in [0.5, 0.6) is 0 Å². The summed E-state index contributed by atoms with van der Waals surface area (Å²) in [5, 5.41) is 6.28. The molecule has 19 heavy (non-hydrogen) atoms. The molecule has 0 spiro atoms. The van der Waals surface area contributed by atoms with Gasteiger partial charge in [0.1, 0.15) is 0 Å². The molecular weight excluding hydrogens is 238 g/mol. The Labute approximate surface area is 115 Å². The Morgan fingerprint density at radius 2 is 2.16 bits per heavy atom. The van der Waals surface area contributed by atoms with E-state index in [4.69, 9.17) is 0 Å². The summed E-state index contributed by atoms with van der Waals surface area (Å²) in [6.07, 6.45) is 2.04. The Kier molecular flexibility index (Phi) is 4.93. The SMILES string of the molecule is CN(C)C(CNC(=O)[C@@H]1CCCN1)c1ccccc1. The molecule has 2 rings (SSSR count). The maximum absolute atomic E-state index is 12.0. The molecule has 1 aliphatic rings. The van der Waals surface area contributed by atoms with Crippen LogP contribution in [0.25, 0.3) is 0 Å². The minimum absolute atomic E-state index is 0.00131. The minimum Gasteiger partial charge on any atom is -0.353 e. The quantitative estimate of drug-likeness (QED) is 0.836. The standard InChI is InChI=1S/C15H23N3O/c1-18(2)14(12-7-4-3-5-8-12)11-17-15(19)13-9-6-10-16-13/h3-5,7-8,13-14,16H,6,9-11H2,1-2H3,(H,17,19)/t13-,14?/m0/s1. The van der Waals surface area contributed by atoms with Crippen LogP contribution in [0.2, 0.25) is 0 Å². The van der Waals surface area contributed by atoms with Gasteiger partial charge in [0.25, 0.3) is 0 Å². The van der Waals surface area contributed by atoms with Crippen LogP contribution in [0.15, 0.2) is 30.3 Å². The molecule has 0 aliphatic carbocycles. The summed E-state index contributed by atoms with van der Waals surface area (Å²) in [5.41, 5.74) is 1.23. The van der Waals surface area contributed by atoms with E-state index in [2.05, 4.69) is 27.7 Å². The van der Waals surface area contributed by atoms with E-state index in [0.717, 1.165) is 19.4 Å². The molecule has 1 saturated heterocycles. The number of rotatable bonds is 5. The number of amides is 1. The Bertz CT molecular complexity index is 399. The highest BCUT2D eigenvalue weighted by molar-refractivity contribution is 5.82. The molecule has 1 heterocycles. The molecule has 1 aromatic carbocycles. The number of hydrogen-bond acceptors (Lipinski definition) is 3. The summed E-state index contributed by atoms with van der Waals surface area (Å²) in [4.78, 5) is 14.1. The first-order chi connectivity index (χ1) is 9.18. The van der Waals surface area contributed by atoms with Gasteiger partial charge in [0.05, 0.1) is 12.1 Å². The second-order valence-electron chi connectivity index (χ2n) is 5.28. The zero-order chi connectivity index (χ0) is 13.7. The van der Waals surface area contributed by atoms with Gasteiger partial charge in [-0.1, -0.05) is 30.3 Å². The van der Waals surface area contributed by atoms with Gasteiger partial charge in [0, 0.05) is 6.54 Å². The lowest BCUT2D eigenvalue weighted by atomic mass is 10.1. The Morgan fingerprint density at radius 3 is 2.74 bits per heavy atom. The fraction of sp³-hybridized carbons (Fsp3) is 0.533. The van der Waals surface area contributed by atoms with Crippen molar-refractivity contribution >= 4 is 5.91 Å². The average molecular weight is 261 g/mol. The third kappa shape index (κ3) is 3.78. The van der Waals surface area contributed by atoms with Gasteiger partial charge in [-0.05, 0) is 39.0 Å². The molecule has 104 valence electrons. The van der Waals surface area contributed by atoms with Crippen LogP contribution in [0.1, 0.15) is 24.4 Å². The molecule has 1 aliphatic heterocycles. The van der Waals surface area contributed by atoms with Crippen molar-refractivity contribution in [3.8, 4) is 0 Å². The molecule has 2 atom stereocenters. The van der Waals surface area contributed by atoms with E-state index in [1.165, 1.54) is 5.56 Å². The van der Waals surface area contributed by atoms with Gasteiger partial charge in [0.15, 0.2) is 0 Å². The summed E-state index contributed by atoms with van der Waals surface area (Å²) < 4.78 is 0. The van der Waals surface area contributed by atoms with Gasteiger partial charge < -0.3 is 15.5 Å². The fourth-order valence-electron chi connectivity index (χ4n) is 2.50. The Morgan fingerprint density at radius 1 is 1.42 bits per heavy atom. The summed E-state index contributed by atoms with van der Waals surface area (Å²) >= 11 is 0. The predicted molar refractivity (Wildman–Crippen MR) is 76.9 cm³/mol. The largest absolute Gasteiger partial charge is 0.353 e. The lowest BCUT2D eigenvalue weighted by Crippen LogP contribution is -2.43. The van der Waals surface area contributed by atoms with Crippen LogP contribution < -0.4 is 10.6 Å². The highest BCUT2D eigenvalue weighted by atomic mass is 16.2. The van der Waals surface area contributed by atoms with Crippen molar-refractivity contribution < 1.29 is 4.79 Å². The molecule has 4 heteroatoms. The maximum Gasteiger partial charge on any atom is 0.237 e. The molecule has 1 unspecified atom stereocenters. The van der Waals surface area contributed by atoms with E-state index in [1.807, 2.05) is 32.3 Å². The second-order valence-corrected chi connectivity index (χ2v) is 5.28. The van der Waals surface area contributed by atoms with Crippen LogP contribution in [0, 0.1) is 0 Å². The van der Waals surface area contributed by atoms with Crippen molar-refractivity contribution in [2.45, 2.75) is 24.9 Å². The van der Waals surface area contributed by atoms with Gasteiger partial charge in [-0.2, -0.15) is 0 Å². The van der Waals surface area contributed by atoms with E-state index < -0.39 is 0 Å². The van der Waals surface area contributed by atoms with Gasteiger partial charge in [-0.3, -0.25) is 4.79 Å². The summed E-state index contributed by atoms with van der Waals surface area (Å²) in [6.45, 7) is 1.60. The van der Waals surface area contributed by atoms with Crippen molar-refractivity contribution in [2.24, 2.45) is 0 Å². The first-order valence-corrected chi connectivity index (χ1v) is 6.91. The van der Waals surface area contributed by atoms with Gasteiger partial charge in [-0.15, -0.1) is 0 Å². The van der Waals surface area contributed by atoms with Crippen molar-refractivity contribution in [1.82, 2.24) is 15.5 Å². The van der Waals surface area contributed by atoms with E-state index in [1.54, 1.807) is 0 Å². The zero-order valence-corrected chi connectivity index (χ0v) is 11.7. The highest BCUT2D eigenvalue weighted by Gasteiger charge is 2.23. The molecular formula is C15H23N3O. The number of nitrogens with zero attached hydrogens (tertiary/aromatic N) is 1. The first kappa shape index (κ1) is 14.0. The number of likely N-dealkylation sites (N-methyl/N-ethyl adjacent to an activating group) is 1. The van der Waals surface area contributed by atoms with E-state index >= 15 is 0 Å². The zero-order valence-electron chi connectivity index (χ0n) is 11.7. The minimum atomic E-state index is -0.00131. The highest BCUT2D eigenvalue weighted by Crippen LogP contribution is 2.16. The molecule has 4 nitrogen and oxygen atoms in total. The van der Waals surface area contributed by atoms with Gasteiger partial charge >= 0.3 is 0 Å². The molecule has 2 N–H and O–H groups in total. The smallest absolute Gasteiger partial charge is 0.237 e. The number of carbonyl (C=O) groups excluding carboxylic acids is 1. The number of carbonyl (C=O) groups is 1. The molecule has 0 bridgehead atoms. The predicted octanol–water partition coefficient (Wildman–Crippen LogP) is 1.16. The number of benzene rings is 1. The van der Waals surface area contributed by atoms with Crippen LogP contribution in [0.4, 0.5) is 0 Å². The second kappa shape index (κ2) is 6.68. The third-order valence-electron chi connectivity index (χ3n) is 3.65. The van der Waals surface area contributed by atoms with Crippen molar-refractivity contribution in [3.05, 3.63) is 35.9 Å². The van der Waals surface area contributed by atoms with Crippen molar-refractivity contribution in [3.63, 3.8) is 0 Å². The first-order valence-electron chi connectivity index (χ1n) is 6.91. The van der Waals surface area contributed by atoms with Gasteiger partial charge in [-0.25, -0.2) is 0 Å². The Hall–Kier alpha value is -1.39. The van der Waals surface area contributed by atoms with Gasteiger partial charge in [0.2, 0.25) is 5.91 Å². The topological polar surface area (TPSA) is 44.4 Å². The van der Waals surface area contributed by atoms with Crippen molar-refractivity contribution in [1.29, 1.82) is 0 Å². The molecule has 0 radical (unpaired) electrons. The summed E-state index contributed by atoms with van der Waals surface area (Å²) in [6, 6.07) is 10.5. The fourth-order valence-corrected chi connectivity index (χ4v) is 2.50. The lowest BCUT2D eigenvalue weighted by molar-refractivity contribution is -0.123. The number of nitrogens with one attached hydrogen (secondary N) is 2. The molecule has 0 saturated carbocycles. The Balaban J connectivity index is 1.92. The third-order valence-corrected chi connectivity index (χ3v) is 3.65. The van der Waals surface area contributed by atoms with Crippen molar-refractivity contribution in [2.75, 3.05) is 27.2 Å². The van der Waals surface area contributed by atoms with Crippen LogP contribution in [-0.4, -0.2) is 44.0 Å². The van der Waals surface area contributed by atoms with Crippen LogP contribution >= 0.6 is 0 Å². The summed E-state index contributed by atoms with van der Waals surface area (Å²) in [7, 11) is 4.08. The normalized spacial score (nSPS) is 20.5. The lowest BCUT2D eigenvalue weighted by Gasteiger charge is -2.25. The summed E-state index contributed by atoms with van der Waals surface area (Å²) in [5.74, 6) is 0.125. The molecule has 1 fully saturated rings. The van der Waals surface area contributed by atoms with Crippen LogP contribution in [0.3, 0.4) is 0 Å². The van der Waals surface area contributed by atoms with E-state index in [-0.39, 0.29) is 18.0 Å². The van der Waals surface area contributed by atoms with E-state index in [0.29, 0.717) is 6.54 Å². The number of hydrogen-bond donors (Lipinski definition) is 2. The molecule has 1 aromatic rings. The molecule has 1 amide bonds. The van der Waals surface area contributed by atoms with Crippen LogP contribution in [-0.2, 0) is 4.79 Å². The van der Waals surface area contributed by atoms with E-state index in [9.17, 15) is 4.79 Å². The maximum atomic E-state index is 12.0. The monoisotopic (exact) mass is 261 g/mol.